The number of carbonyl (C=O) groups excluding carboxylic acids is 1. The average Bonchev–Trinajstić information content (AvgIpc) is 3.29. The molecule has 1 saturated heterocycles. The fourth-order valence-electron chi connectivity index (χ4n) is 4.08. The minimum atomic E-state index is -1.39. The Labute approximate surface area is 201 Å². The van der Waals surface area contributed by atoms with Crippen molar-refractivity contribution in [1.82, 2.24) is 5.16 Å². The number of amides is 1. The van der Waals surface area contributed by atoms with Gasteiger partial charge in [0.05, 0.1) is 18.8 Å². The van der Waals surface area contributed by atoms with E-state index in [-0.39, 0.29) is 34.4 Å². The molecule has 3 aromatic rings. The number of phenols is 2. The molecule has 1 aromatic heterocycles. The fraction of sp³-hybridized carbons (Fsp3) is 0.320. The van der Waals surface area contributed by atoms with Gasteiger partial charge in [0.2, 0.25) is 5.69 Å². The maximum absolute atomic E-state index is 13.3. The van der Waals surface area contributed by atoms with Crippen LogP contribution in [0.1, 0.15) is 46.2 Å². The number of carboxylic acid groups (broad SMARTS) is 1. The minimum Gasteiger partial charge on any atom is -0.508 e. The average molecular weight is 482 g/mol. The van der Waals surface area contributed by atoms with Gasteiger partial charge in [-0.15, -0.1) is 0 Å². The third-order valence-electron chi connectivity index (χ3n) is 6.01. The molecule has 2 heterocycles. The number of nitrogens with zero attached hydrogens (tertiary/aromatic N) is 3. The maximum Gasteiger partial charge on any atom is 0.360 e. The second-order valence-electron chi connectivity index (χ2n) is 8.61. The van der Waals surface area contributed by atoms with Crippen LogP contribution in [0.25, 0.3) is 11.3 Å². The molecule has 3 N–H and O–H groups in total. The van der Waals surface area contributed by atoms with E-state index in [1.165, 1.54) is 13.1 Å². The zero-order chi connectivity index (χ0) is 25.3. The van der Waals surface area contributed by atoms with Gasteiger partial charge in [0.1, 0.15) is 17.2 Å². The number of aromatic hydroxyl groups is 2. The standard InChI is InChI=1S/C25H27N3O7/c1-14(2)17-12-18(20(30)13-19(17)29)23-22(21(25(32)33)26-35-23)27(3)24(31)15-4-6-16(7-5-15)28-8-10-34-11-9-28/h4-7,12-14,29-30H,8-11H2,1-3H3,(H,32,33). The Morgan fingerprint density at radius 3 is 2.31 bits per heavy atom. The molecule has 35 heavy (non-hydrogen) atoms. The summed E-state index contributed by atoms with van der Waals surface area (Å²) in [6.07, 6.45) is 0. The number of carbonyl (C=O) groups is 2. The SMILES string of the molecule is CC(C)c1cc(-c2onc(C(=O)O)c2N(C)C(=O)c2ccc(N3CCOCC3)cc2)c(O)cc1O. The van der Waals surface area contributed by atoms with Crippen molar-refractivity contribution >= 4 is 23.3 Å². The Morgan fingerprint density at radius 2 is 1.71 bits per heavy atom. The van der Waals surface area contributed by atoms with Crippen LogP contribution >= 0.6 is 0 Å². The molecule has 0 radical (unpaired) electrons. The van der Waals surface area contributed by atoms with Crippen LogP contribution in [0.4, 0.5) is 11.4 Å². The molecule has 1 aliphatic heterocycles. The Morgan fingerprint density at radius 1 is 1.06 bits per heavy atom. The predicted molar refractivity (Wildman–Crippen MR) is 129 cm³/mol. The first kappa shape index (κ1) is 24.1. The number of hydrogen-bond acceptors (Lipinski definition) is 8. The smallest absolute Gasteiger partial charge is 0.360 e. The van der Waals surface area contributed by atoms with E-state index < -0.39 is 17.6 Å². The minimum absolute atomic E-state index is 0.0935. The first-order chi connectivity index (χ1) is 16.7. The number of anilines is 2. The fourth-order valence-corrected chi connectivity index (χ4v) is 4.08. The highest BCUT2D eigenvalue weighted by molar-refractivity contribution is 6.11. The van der Waals surface area contributed by atoms with E-state index in [0.717, 1.165) is 29.7 Å². The molecule has 1 amide bonds. The molecular formula is C25H27N3O7. The summed E-state index contributed by atoms with van der Waals surface area (Å²) in [7, 11) is 1.42. The highest BCUT2D eigenvalue weighted by Crippen LogP contribution is 2.43. The summed E-state index contributed by atoms with van der Waals surface area (Å²) >= 11 is 0. The molecule has 10 heteroatoms. The van der Waals surface area contributed by atoms with Gasteiger partial charge in [-0.3, -0.25) is 4.79 Å². The third kappa shape index (κ3) is 4.65. The van der Waals surface area contributed by atoms with Crippen LogP contribution < -0.4 is 9.80 Å². The normalized spacial score (nSPS) is 13.8. The first-order valence-corrected chi connectivity index (χ1v) is 11.2. The van der Waals surface area contributed by atoms with Gasteiger partial charge in [-0.1, -0.05) is 19.0 Å². The van der Waals surface area contributed by atoms with E-state index in [9.17, 15) is 24.9 Å². The highest BCUT2D eigenvalue weighted by Gasteiger charge is 2.31. The monoisotopic (exact) mass is 481 g/mol. The highest BCUT2D eigenvalue weighted by atomic mass is 16.5. The van der Waals surface area contributed by atoms with Crippen molar-refractivity contribution in [3.8, 4) is 22.8 Å². The van der Waals surface area contributed by atoms with Crippen molar-refractivity contribution in [1.29, 1.82) is 0 Å². The number of rotatable bonds is 6. The van der Waals surface area contributed by atoms with Crippen molar-refractivity contribution in [2.75, 3.05) is 43.2 Å². The summed E-state index contributed by atoms with van der Waals surface area (Å²) in [5.41, 5.74) is 1.36. The van der Waals surface area contributed by atoms with Gasteiger partial charge in [0.25, 0.3) is 5.91 Å². The van der Waals surface area contributed by atoms with Gasteiger partial charge in [0, 0.05) is 37.5 Å². The molecule has 4 rings (SSSR count). The van der Waals surface area contributed by atoms with Crippen molar-refractivity contribution in [3.05, 3.63) is 53.2 Å². The lowest BCUT2D eigenvalue weighted by Crippen LogP contribution is -2.36. The van der Waals surface area contributed by atoms with Crippen LogP contribution in [0.15, 0.2) is 40.9 Å². The van der Waals surface area contributed by atoms with E-state index >= 15 is 0 Å². The molecular weight excluding hydrogens is 454 g/mol. The Kier molecular flexibility index (Phi) is 6.65. The largest absolute Gasteiger partial charge is 0.508 e. The second kappa shape index (κ2) is 9.67. The molecule has 0 unspecified atom stereocenters. The van der Waals surface area contributed by atoms with E-state index in [1.807, 2.05) is 26.0 Å². The number of benzene rings is 2. The van der Waals surface area contributed by atoms with Crippen molar-refractivity contribution in [3.63, 3.8) is 0 Å². The van der Waals surface area contributed by atoms with Crippen LogP contribution in [-0.2, 0) is 4.74 Å². The van der Waals surface area contributed by atoms with Crippen molar-refractivity contribution < 1.29 is 34.2 Å². The Hall–Kier alpha value is -4.05. The van der Waals surface area contributed by atoms with Crippen LogP contribution in [0.3, 0.4) is 0 Å². The zero-order valence-electron chi connectivity index (χ0n) is 19.7. The molecule has 0 aliphatic carbocycles. The van der Waals surface area contributed by atoms with E-state index in [4.69, 9.17) is 9.26 Å². The molecule has 1 fully saturated rings. The second-order valence-corrected chi connectivity index (χ2v) is 8.61. The van der Waals surface area contributed by atoms with Gasteiger partial charge in [-0.25, -0.2) is 4.79 Å². The van der Waals surface area contributed by atoms with Crippen LogP contribution in [0, 0.1) is 0 Å². The molecule has 0 bridgehead atoms. The summed E-state index contributed by atoms with van der Waals surface area (Å²) in [4.78, 5) is 28.5. The quantitative estimate of drug-likeness (QED) is 0.481. The van der Waals surface area contributed by atoms with Crippen molar-refractivity contribution in [2.24, 2.45) is 0 Å². The number of aromatic carboxylic acids is 1. The molecule has 184 valence electrons. The topological polar surface area (TPSA) is 137 Å². The summed E-state index contributed by atoms with van der Waals surface area (Å²) < 4.78 is 10.7. The predicted octanol–water partition coefficient (Wildman–Crippen LogP) is 3.69. The number of morpholine rings is 1. The lowest BCUT2D eigenvalue weighted by atomic mass is 9.97. The lowest BCUT2D eigenvalue weighted by molar-refractivity contribution is 0.0686. The van der Waals surface area contributed by atoms with Crippen LogP contribution in [0.5, 0.6) is 11.5 Å². The summed E-state index contributed by atoms with van der Waals surface area (Å²) in [5.74, 6) is -2.50. The molecule has 10 nitrogen and oxygen atoms in total. The summed E-state index contributed by atoms with van der Waals surface area (Å²) in [6, 6.07) is 9.67. The van der Waals surface area contributed by atoms with Crippen LogP contribution in [-0.4, -0.2) is 65.7 Å². The summed E-state index contributed by atoms with van der Waals surface area (Å²) in [5, 5.41) is 34.0. The molecule has 0 atom stereocenters. The van der Waals surface area contributed by atoms with Gasteiger partial charge >= 0.3 is 5.97 Å². The number of hydrogen-bond donors (Lipinski definition) is 3. The molecule has 0 saturated carbocycles. The molecule has 0 spiro atoms. The van der Waals surface area contributed by atoms with Gasteiger partial charge in [-0.2, -0.15) is 0 Å². The first-order valence-electron chi connectivity index (χ1n) is 11.2. The number of ether oxygens (including phenoxy) is 1. The van der Waals surface area contributed by atoms with Crippen molar-refractivity contribution in [2.45, 2.75) is 19.8 Å². The summed E-state index contributed by atoms with van der Waals surface area (Å²) in [6.45, 7) is 6.51. The lowest BCUT2D eigenvalue weighted by Gasteiger charge is -2.29. The van der Waals surface area contributed by atoms with E-state index in [2.05, 4.69) is 10.1 Å². The van der Waals surface area contributed by atoms with Gasteiger partial charge in [0.15, 0.2) is 5.76 Å². The zero-order valence-corrected chi connectivity index (χ0v) is 19.7. The Balaban J connectivity index is 1.72. The van der Waals surface area contributed by atoms with Gasteiger partial charge < -0.3 is 34.4 Å². The number of aromatic nitrogens is 1. The number of carboxylic acids is 1. The maximum atomic E-state index is 13.3. The third-order valence-corrected chi connectivity index (χ3v) is 6.01. The molecule has 1 aliphatic rings. The van der Waals surface area contributed by atoms with E-state index in [0.29, 0.717) is 24.3 Å². The number of phenolic OH excluding ortho intramolecular Hbond substituents is 2. The Bertz CT molecular complexity index is 1240. The van der Waals surface area contributed by atoms with Gasteiger partial charge in [-0.05, 0) is 41.8 Å². The van der Waals surface area contributed by atoms with Crippen LogP contribution in [0.2, 0.25) is 0 Å². The molecule has 2 aromatic carbocycles. The van der Waals surface area contributed by atoms with E-state index in [1.54, 1.807) is 12.1 Å².